The Labute approximate surface area is 110 Å². The Balaban J connectivity index is 1.61. The molecule has 3 atom stereocenters. The summed E-state index contributed by atoms with van der Waals surface area (Å²) in [5.41, 5.74) is 0.613. The lowest BCUT2D eigenvalue weighted by Gasteiger charge is -2.59. The molecule has 3 rings (SSSR count). The van der Waals surface area contributed by atoms with Crippen LogP contribution in [0.1, 0.15) is 58.8 Å². The summed E-state index contributed by atoms with van der Waals surface area (Å²) in [6, 6.07) is 0. The van der Waals surface area contributed by atoms with E-state index in [0.29, 0.717) is 11.8 Å². The summed E-state index contributed by atoms with van der Waals surface area (Å²) >= 11 is 0. The quantitative estimate of drug-likeness (QED) is 0.565. The van der Waals surface area contributed by atoms with Crippen molar-refractivity contribution in [2.75, 3.05) is 0 Å². The lowest BCUT2D eigenvalue weighted by Crippen LogP contribution is -2.50. The second-order valence-corrected chi connectivity index (χ2v) is 6.78. The number of rotatable bonds is 6. The normalized spacial score (nSPS) is 33.3. The topological polar surface area (TPSA) is 37.3 Å². The Hall–Kier alpha value is -0.790. The molecule has 0 aromatic carbocycles. The Morgan fingerprint density at radius 3 is 2.44 bits per heavy atom. The van der Waals surface area contributed by atoms with Gasteiger partial charge in [-0.25, -0.2) is 0 Å². The second kappa shape index (κ2) is 5.46. The van der Waals surface area contributed by atoms with E-state index in [1.54, 1.807) is 0 Å². The van der Waals surface area contributed by atoms with Crippen LogP contribution in [0.25, 0.3) is 0 Å². The molecule has 0 radical (unpaired) electrons. The highest BCUT2D eigenvalue weighted by Gasteiger charge is 2.52. The summed E-state index contributed by atoms with van der Waals surface area (Å²) in [6.45, 7) is 4.87. The first-order valence-electron chi connectivity index (χ1n) is 7.37. The Kier molecular flexibility index (Phi) is 4.14. The minimum absolute atomic E-state index is 0.298. The molecule has 102 valence electrons. The molecule has 0 aromatic rings. The minimum Gasteiger partial charge on any atom is -0.481 e. The van der Waals surface area contributed by atoms with Crippen LogP contribution in [0.2, 0.25) is 0 Å². The van der Waals surface area contributed by atoms with Crippen LogP contribution in [0.15, 0.2) is 12.2 Å². The molecule has 3 aliphatic rings. The van der Waals surface area contributed by atoms with Crippen molar-refractivity contribution in [3.8, 4) is 0 Å². The maximum atomic E-state index is 10.4. The first kappa shape index (κ1) is 13.6. The maximum absolute atomic E-state index is 10.4. The SMILES string of the molecule is CC1(C)C2CC(C/C=C\CCCC(=O)O)C[C@H]1C2. The number of hydrogen-bond donors (Lipinski definition) is 1. The Morgan fingerprint density at radius 1 is 1.22 bits per heavy atom. The van der Waals surface area contributed by atoms with Crippen molar-refractivity contribution in [1.29, 1.82) is 0 Å². The van der Waals surface area contributed by atoms with Crippen LogP contribution < -0.4 is 0 Å². The monoisotopic (exact) mass is 250 g/mol. The lowest BCUT2D eigenvalue weighted by molar-refractivity contribution is -0.137. The van der Waals surface area contributed by atoms with Gasteiger partial charge in [0.25, 0.3) is 0 Å². The van der Waals surface area contributed by atoms with Crippen molar-refractivity contribution in [2.45, 2.75) is 58.8 Å². The summed E-state index contributed by atoms with van der Waals surface area (Å²) in [4.78, 5) is 10.4. The van der Waals surface area contributed by atoms with Crippen LogP contribution in [-0.4, -0.2) is 11.1 Å². The molecule has 2 bridgehead atoms. The molecule has 0 aliphatic heterocycles. The number of aliphatic carboxylic acids is 1. The molecule has 0 spiro atoms. The number of allylic oxidation sites excluding steroid dienone is 2. The Bertz CT molecular complexity index is 316. The van der Waals surface area contributed by atoms with E-state index in [0.717, 1.165) is 30.6 Å². The Morgan fingerprint density at radius 2 is 1.89 bits per heavy atom. The molecule has 0 amide bonds. The van der Waals surface area contributed by atoms with Crippen LogP contribution in [0.4, 0.5) is 0 Å². The van der Waals surface area contributed by atoms with E-state index < -0.39 is 5.97 Å². The fourth-order valence-corrected chi connectivity index (χ4v) is 3.79. The summed E-state index contributed by atoms with van der Waals surface area (Å²) in [6.07, 6.45) is 11.9. The minimum atomic E-state index is -0.682. The van der Waals surface area contributed by atoms with Gasteiger partial charge in [0.1, 0.15) is 0 Å². The van der Waals surface area contributed by atoms with Crippen molar-refractivity contribution in [3.05, 3.63) is 12.2 Å². The smallest absolute Gasteiger partial charge is 0.303 e. The largest absolute Gasteiger partial charge is 0.481 e. The molecule has 0 saturated heterocycles. The van der Waals surface area contributed by atoms with Gasteiger partial charge in [-0.2, -0.15) is 0 Å². The molecule has 1 N–H and O–H groups in total. The second-order valence-electron chi connectivity index (χ2n) is 6.78. The highest BCUT2D eigenvalue weighted by Crippen LogP contribution is 2.61. The third-order valence-corrected chi connectivity index (χ3v) is 5.31. The zero-order chi connectivity index (χ0) is 13.2. The first-order valence-corrected chi connectivity index (χ1v) is 7.37. The molecule has 0 heterocycles. The standard InChI is InChI=1S/C16H26O2/c1-16(2)13-9-12(10-14(16)11-13)7-5-3-4-6-8-15(17)18/h3,5,12-14H,4,6-11H2,1-2H3,(H,17,18)/b5-3-/t12?,13-,14?/m0/s1. The highest BCUT2D eigenvalue weighted by molar-refractivity contribution is 5.66. The van der Waals surface area contributed by atoms with Gasteiger partial charge in [0, 0.05) is 6.42 Å². The molecule has 3 saturated carbocycles. The van der Waals surface area contributed by atoms with Crippen LogP contribution in [-0.2, 0) is 4.79 Å². The summed E-state index contributed by atoms with van der Waals surface area (Å²) in [5, 5.41) is 8.53. The van der Waals surface area contributed by atoms with Crippen LogP contribution in [0.3, 0.4) is 0 Å². The third-order valence-electron chi connectivity index (χ3n) is 5.31. The van der Waals surface area contributed by atoms with E-state index in [9.17, 15) is 4.79 Å². The van der Waals surface area contributed by atoms with E-state index in [1.165, 1.54) is 25.7 Å². The van der Waals surface area contributed by atoms with Crippen molar-refractivity contribution >= 4 is 5.97 Å². The molecule has 0 aromatic heterocycles. The number of fused-ring (bicyclic) bond motifs is 2. The van der Waals surface area contributed by atoms with E-state index in [1.807, 2.05) is 0 Å². The molecule has 18 heavy (non-hydrogen) atoms. The molecular weight excluding hydrogens is 224 g/mol. The van der Waals surface area contributed by atoms with Gasteiger partial charge < -0.3 is 5.11 Å². The predicted molar refractivity (Wildman–Crippen MR) is 73.3 cm³/mol. The third kappa shape index (κ3) is 2.96. The number of hydrogen-bond acceptors (Lipinski definition) is 1. The van der Waals surface area contributed by atoms with Gasteiger partial charge in [0.05, 0.1) is 0 Å². The maximum Gasteiger partial charge on any atom is 0.303 e. The number of carboxylic acid groups (broad SMARTS) is 1. The molecule has 3 fully saturated rings. The predicted octanol–water partition coefficient (Wildman–Crippen LogP) is 4.26. The van der Waals surface area contributed by atoms with E-state index in [2.05, 4.69) is 26.0 Å². The highest BCUT2D eigenvalue weighted by atomic mass is 16.4. The fourth-order valence-electron chi connectivity index (χ4n) is 3.79. The van der Waals surface area contributed by atoms with Gasteiger partial charge in [-0.15, -0.1) is 0 Å². The van der Waals surface area contributed by atoms with Gasteiger partial charge in [-0.05, 0) is 61.7 Å². The summed E-state index contributed by atoms with van der Waals surface area (Å²) < 4.78 is 0. The first-order chi connectivity index (χ1) is 8.50. The zero-order valence-electron chi connectivity index (χ0n) is 11.7. The average Bonchev–Trinajstić information content (AvgIpc) is 2.33. The van der Waals surface area contributed by atoms with Crippen LogP contribution >= 0.6 is 0 Å². The van der Waals surface area contributed by atoms with Crippen molar-refractivity contribution in [2.24, 2.45) is 23.2 Å². The average molecular weight is 250 g/mol. The van der Waals surface area contributed by atoms with Crippen molar-refractivity contribution in [1.82, 2.24) is 0 Å². The molecule has 3 aliphatic carbocycles. The number of carbonyl (C=O) groups is 1. The van der Waals surface area contributed by atoms with Crippen molar-refractivity contribution in [3.63, 3.8) is 0 Å². The van der Waals surface area contributed by atoms with Gasteiger partial charge in [0.2, 0.25) is 0 Å². The molecule has 2 unspecified atom stereocenters. The summed E-state index contributed by atoms with van der Waals surface area (Å²) in [7, 11) is 0. The summed E-state index contributed by atoms with van der Waals surface area (Å²) in [5.74, 6) is 2.12. The number of unbranched alkanes of at least 4 members (excludes halogenated alkanes) is 1. The lowest BCUT2D eigenvalue weighted by atomic mass is 9.46. The van der Waals surface area contributed by atoms with Crippen molar-refractivity contribution < 1.29 is 9.90 Å². The van der Waals surface area contributed by atoms with Gasteiger partial charge in [-0.3, -0.25) is 4.79 Å². The van der Waals surface area contributed by atoms with Gasteiger partial charge >= 0.3 is 5.97 Å². The fraction of sp³-hybridized carbons (Fsp3) is 0.812. The zero-order valence-corrected chi connectivity index (χ0v) is 11.7. The molecule has 2 nitrogen and oxygen atoms in total. The van der Waals surface area contributed by atoms with E-state index >= 15 is 0 Å². The van der Waals surface area contributed by atoms with Gasteiger partial charge in [0.15, 0.2) is 0 Å². The van der Waals surface area contributed by atoms with Crippen LogP contribution in [0.5, 0.6) is 0 Å². The van der Waals surface area contributed by atoms with Crippen LogP contribution in [0, 0.1) is 23.2 Å². The molecular formula is C16H26O2. The number of carboxylic acids is 1. The van der Waals surface area contributed by atoms with E-state index in [-0.39, 0.29) is 0 Å². The molecule has 2 heteroatoms. The van der Waals surface area contributed by atoms with Gasteiger partial charge in [-0.1, -0.05) is 26.0 Å². The van der Waals surface area contributed by atoms with E-state index in [4.69, 9.17) is 5.11 Å².